The van der Waals surface area contributed by atoms with Crippen LogP contribution in [0.1, 0.15) is 0 Å². The van der Waals surface area contributed by atoms with Gasteiger partial charge < -0.3 is 10.3 Å². The number of thiophene rings is 1. The molecule has 0 saturated carbocycles. The number of rotatable bonds is 0. The summed E-state index contributed by atoms with van der Waals surface area (Å²) in [6, 6.07) is 10.4. The zero-order chi connectivity index (χ0) is 12.3. The van der Waals surface area contributed by atoms with Crippen molar-refractivity contribution >= 4 is 48.8 Å². The van der Waals surface area contributed by atoms with E-state index in [9.17, 15) is 0 Å². The molecule has 0 radical (unpaired) electrons. The Bertz CT molecular complexity index is 903. The largest absolute Gasteiger partial charge is 0.369 e. The summed E-state index contributed by atoms with van der Waals surface area (Å²) in [6.07, 6.45) is 0. The fraction of sp³-hybridized carbons (Fsp3) is 0.0769. The average molecular weight is 254 g/mol. The highest BCUT2D eigenvalue weighted by atomic mass is 32.1. The van der Waals surface area contributed by atoms with Gasteiger partial charge in [0.2, 0.25) is 5.95 Å². The van der Waals surface area contributed by atoms with Crippen molar-refractivity contribution < 1.29 is 0 Å². The minimum absolute atomic E-state index is 0.499. The molecule has 4 rings (SSSR count). The third-order valence-electron chi connectivity index (χ3n) is 3.24. The third-order valence-corrected chi connectivity index (χ3v) is 4.34. The molecule has 0 unspecified atom stereocenters. The summed E-state index contributed by atoms with van der Waals surface area (Å²) >= 11 is 1.75. The number of benzene rings is 1. The quantitative estimate of drug-likeness (QED) is 0.525. The average Bonchev–Trinajstić information content (AvgIpc) is 2.87. The van der Waals surface area contributed by atoms with E-state index in [1.807, 2.05) is 23.7 Å². The molecule has 18 heavy (non-hydrogen) atoms. The van der Waals surface area contributed by atoms with Crippen molar-refractivity contribution in [1.82, 2.24) is 14.5 Å². The fourth-order valence-corrected chi connectivity index (χ4v) is 3.33. The highest BCUT2D eigenvalue weighted by Gasteiger charge is 2.11. The second-order valence-electron chi connectivity index (χ2n) is 4.31. The maximum Gasteiger partial charge on any atom is 0.202 e. The Morgan fingerprint density at radius 1 is 1.17 bits per heavy atom. The van der Waals surface area contributed by atoms with Crippen LogP contribution < -0.4 is 5.73 Å². The lowest BCUT2D eigenvalue weighted by Gasteiger charge is -1.95. The maximum absolute atomic E-state index is 5.81. The Kier molecular flexibility index (Phi) is 1.75. The van der Waals surface area contributed by atoms with Gasteiger partial charge >= 0.3 is 0 Å². The van der Waals surface area contributed by atoms with Gasteiger partial charge in [-0.25, -0.2) is 4.98 Å². The molecular weight excluding hydrogens is 244 g/mol. The summed E-state index contributed by atoms with van der Waals surface area (Å²) in [6.45, 7) is 0. The monoisotopic (exact) mass is 254 g/mol. The number of hydrogen-bond acceptors (Lipinski definition) is 4. The Labute approximate surface area is 107 Å². The molecular formula is C13H10N4S. The van der Waals surface area contributed by atoms with E-state index in [0.29, 0.717) is 11.6 Å². The first-order valence-corrected chi connectivity index (χ1v) is 6.46. The second-order valence-corrected chi connectivity index (χ2v) is 5.39. The van der Waals surface area contributed by atoms with E-state index >= 15 is 0 Å². The summed E-state index contributed by atoms with van der Waals surface area (Å²) in [7, 11) is 1.91. The van der Waals surface area contributed by atoms with Gasteiger partial charge in [-0.05, 0) is 12.1 Å². The topological polar surface area (TPSA) is 56.7 Å². The predicted molar refractivity (Wildman–Crippen MR) is 75.8 cm³/mol. The first kappa shape index (κ1) is 9.85. The molecule has 0 atom stereocenters. The van der Waals surface area contributed by atoms with Gasteiger partial charge in [0.15, 0.2) is 5.65 Å². The molecule has 0 spiro atoms. The number of anilines is 1. The van der Waals surface area contributed by atoms with Crippen LogP contribution in [-0.4, -0.2) is 14.5 Å². The van der Waals surface area contributed by atoms with Crippen molar-refractivity contribution in [3.8, 4) is 0 Å². The van der Waals surface area contributed by atoms with Gasteiger partial charge in [-0.15, -0.1) is 11.3 Å². The molecule has 88 valence electrons. The predicted octanol–water partition coefficient (Wildman–Crippen LogP) is 2.92. The first-order valence-electron chi connectivity index (χ1n) is 5.64. The summed E-state index contributed by atoms with van der Waals surface area (Å²) in [5.74, 6) is 0.499. The molecule has 0 fully saturated rings. The van der Waals surface area contributed by atoms with E-state index in [1.165, 1.54) is 14.8 Å². The number of hydrogen-bond donors (Lipinski definition) is 1. The van der Waals surface area contributed by atoms with E-state index in [1.54, 1.807) is 11.3 Å². The molecule has 5 heteroatoms. The van der Waals surface area contributed by atoms with Gasteiger partial charge in [-0.2, -0.15) is 4.98 Å². The zero-order valence-corrected chi connectivity index (χ0v) is 10.5. The fourth-order valence-electron chi connectivity index (χ4n) is 2.25. The number of fused-ring (bicyclic) bond motifs is 4. The highest BCUT2D eigenvalue weighted by molar-refractivity contribution is 7.25. The number of imidazole rings is 1. The minimum Gasteiger partial charge on any atom is -0.369 e. The summed E-state index contributed by atoms with van der Waals surface area (Å²) in [4.78, 5) is 8.93. The Balaban J connectivity index is 2.26. The van der Waals surface area contributed by atoms with Crippen molar-refractivity contribution in [3.05, 3.63) is 30.3 Å². The van der Waals surface area contributed by atoms with Gasteiger partial charge in [0.05, 0.1) is 15.7 Å². The lowest BCUT2D eigenvalue weighted by Crippen LogP contribution is -1.95. The van der Waals surface area contributed by atoms with Crippen LogP contribution in [0.2, 0.25) is 0 Å². The van der Waals surface area contributed by atoms with E-state index in [2.05, 4.69) is 28.2 Å². The van der Waals surface area contributed by atoms with E-state index in [-0.39, 0.29) is 0 Å². The molecule has 0 bridgehead atoms. The van der Waals surface area contributed by atoms with E-state index < -0.39 is 0 Å². The standard InChI is InChI=1S/C13H10N4S/c1-17-8-6-10-11(15-12(8)16-13(17)14)7-4-2-3-5-9(7)18-10/h2-6H,1H3,(H2,14,15,16). The SMILES string of the molecule is Cn1c(N)nc2nc3c(cc21)sc1ccccc13. The van der Waals surface area contributed by atoms with Crippen molar-refractivity contribution in [2.75, 3.05) is 5.73 Å². The maximum atomic E-state index is 5.81. The van der Waals surface area contributed by atoms with Gasteiger partial charge in [-0.3, -0.25) is 0 Å². The van der Waals surface area contributed by atoms with Crippen molar-refractivity contribution in [3.63, 3.8) is 0 Å². The summed E-state index contributed by atoms with van der Waals surface area (Å²) < 4.78 is 4.29. The third kappa shape index (κ3) is 1.14. The molecule has 0 aliphatic heterocycles. The molecule has 4 aromatic rings. The van der Waals surface area contributed by atoms with Crippen LogP contribution in [0.4, 0.5) is 5.95 Å². The molecule has 4 nitrogen and oxygen atoms in total. The molecule has 0 amide bonds. The van der Waals surface area contributed by atoms with Gasteiger partial charge in [-0.1, -0.05) is 18.2 Å². The summed E-state index contributed by atoms with van der Waals surface area (Å²) in [5, 5.41) is 1.18. The number of nitrogens with two attached hydrogens (primary N) is 1. The van der Waals surface area contributed by atoms with Crippen LogP contribution in [-0.2, 0) is 7.05 Å². The minimum atomic E-state index is 0.499. The second kappa shape index (κ2) is 3.20. The van der Waals surface area contributed by atoms with Gasteiger partial charge in [0.1, 0.15) is 0 Å². The first-order chi connectivity index (χ1) is 8.74. The molecule has 1 aromatic carbocycles. The molecule has 0 saturated heterocycles. The van der Waals surface area contributed by atoms with Gasteiger partial charge in [0.25, 0.3) is 0 Å². The van der Waals surface area contributed by atoms with Crippen LogP contribution in [0.25, 0.3) is 31.5 Å². The molecule has 3 heterocycles. The van der Waals surface area contributed by atoms with Crippen LogP contribution in [0.5, 0.6) is 0 Å². The van der Waals surface area contributed by atoms with E-state index in [4.69, 9.17) is 5.73 Å². The van der Waals surface area contributed by atoms with Crippen LogP contribution in [0.15, 0.2) is 30.3 Å². The van der Waals surface area contributed by atoms with Crippen molar-refractivity contribution in [2.45, 2.75) is 0 Å². The zero-order valence-electron chi connectivity index (χ0n) is 9.71. The molecule has 0 aliphatic carbocycles. The molecule has 2 N–H and O–H groups in total. The Morgan fingerprint density at radius 2 is 2.00 bits per heavy atom. The number of aromatic nitrogens is 3. The number of nitrogens with zero attached hydrogens (tertiary/aromatic N) is 3. The van der Waals surface area contributed by atoms with E-state index in [0.717, 1.165) is 11.0 Å². The van der Waals surface area contributed by atoms with Crippen LogP contribution in [0, 0.1) is 0 Å². The smallest absolute Gasteiger partial charge is 0.202 e. The Hall–Kier alpha value is -2.14. The van der Waals surface area contributed by atoms with Crippen LogP contribution in [0.3, 0.4) is 0 Å². The number of aryl methyl sites for hydroxylation is 1. The van der Waals surface area contributed by atoms with Crippen LogP contribution >= 0.6 is 11.3 Å². The molecule has 3 aromatic heterocycles. The Morgan fingerprint density at radius 3 is 2.89 bits per heavy atom. The van der Waals surface area contributed by atoms with Crippen molar-refractivity contribution in [2.24, 2.45) is 7.05 Å². The highest BCUT2D eigenvalue weighted by Crippen LogP contribution is 2.34. The van der Waals surface area contributed by atoms with Crippen molar-refractivity contribution in [1.29, 1.82) is 0 Å². The summed E-state index contributed by atoms with van der Waals surface area (Å²) in [5.41, 5.74) is 8.52. The number of pyridine rings is 1. The number of nitrogen functional groups attached to an aromatic ring is 1. The van der Waals surface area contributed by atoms with Gasteiger partial charge in [0, 0.05) is 17.1 Å². The normalized spacial score (nSPS) is 11.8. The lowest BCUT2D eigenvalue weighted by atomic mass is 10.2. The lowest BCUT2D eigenvalue weighted by molar-refractivity contribution is 0.966. The molecule has 0 aliphatic rings.